The second-order valence-electron chi connectivity index (χ2n) is 5.17. The molecule has 1 fully saturated rings. The van der Waals surface area contributed by atoms with Crippen LogP contribution in [0.15, 0.2) is 28.3 Å². The molecule has 1 aromatic rings. The fourth-order valence-electron chi connectivity index (χ4n) is 2.15. The first-order chi connectivity index (χ1) is 9.79. The summed E-state index contributed by atoms with van der Waals surface area (Å²) in [5, 5.41) is 3.08. The molecule has 1 atom stereocenters. The van der Waals surface area contributed by atoms with Crippen molar-refractivity contribution in [3.8, 4) is 0 Å². The molecule has 0 saturated carbocycles. The summed E-state index contributed by atoms with van der Waals surface area (Å²) >= 11 is 0. The van der Waals surface area contributed by atoms with Gasteiger partial charge in [0, 0.05) is 19.0 Å². The second-order valence-corrected chi connectivity index (χ2v) is 8.90. The Hall–Kier alpha value is -0.740. The van der Waals surface area contributed by atoms with E-state index in [0.717, 1.165) is 38.4 Å². The van der Waals surface area contributed by atoms with Gasteiger partial charge in [-0.25, -0.2) is 26.5 Å². The van der Waals surface area contributed by atoms with Crippen molar-refractivity contribution in [1.29, 1.82) is 0 Å². The Labute approximate surface area is 137 Å². The highest BCUT2D eigenvalue weighted by molar-refractivity contribution is 7.90. The lowest BCUT2D eigenvalue weighted by Gasteiger charge is -2.22. The number of piperidine rings is 1. The summed E-state index contributed by atoms with van der Waals surface area (Å²) in [6.45, 7) is 2.14. The summed E-state index contributed by atoms with van der Waals surface area (Å²) in [4.78, 5) is 3.66. The minimum Gasteiger partial charge on any atom is -0.316 e. The molecule has 126 valence electrons. The van der Waals surface area contributed by atoms with Gasteiger partial charge in [0.05, 0.1) is 0 Å². The maximum atomic E-state index is 12.1. The average Bonchev–Trinajstić information content (AvgIpc) is 2.46. The van der Waals surface area contributed by atoms with Crippen LogP contribution < -0.4 is 10.0 Å². The Morgan fingerprint density at radius 3 is 2.55 bits per heavy atom. The van der Waals surface area contributed by atoms with Gasteiger partial charge in [0.15, 0.2) is 14.9 Å². The first-order valence-electron chi connectivity index (χ1n) is 6.65. The van der Waals surface area contributed by atoms with Gasteiger partial charge in [-0.3, -0.25) is 0 Å². The maximum absolute atomic E-state index is 12.1. The molecule has 1 aliphatic heterocycles. The van der Waals surface area contributed by atoms with Crippen LogP contribution in [-0.4, -0.2) is 47.7 Å². The van der Waals surface area contributed by atoms with Crippen molar-refractivity contribution in [3.05, 3.63) is 18.3 Å². The van der Waals surface area contributed by atoms with Crippen molar-refractivity contribution >= 4 is 32.3 Å². The molecular formula is C12H20ClN3O4S2. The Kier molecular flexibility index (Phi) is 6.75. The molecule has 2 heterocycles. The zero-order valence-corrected chi connectivity index (χ0v) is 14.6. The number of aromatic nitrogens is 1. The summed E-state index contributed by atoms with van der Waals surface area (Å²) in [5.41, 5.74) is 0. The third kappa shape index (κ3) is 5.17. The number of sulfone groups is 1. The van der Waals surface area contributed by atoms with Crippen molar-refractivity contribution < 1.29 is 16.8 Å². The van der Waals surface area contributed by atoms with Gasteiger partial charge in [-0.1, -0.05) is 0 Å². The molecule has 0 radical (unpaired) electrons. The van der Waals surface area contributed by atoms with Crippen molar-refractivity contribution in [2.45, 2.75) is 22.8 Å². The summed E-state index contributed by atoms with van der Waals surface area (Å²) in [6.07, 6.45) is 4.12. The lowest BCUT2D eigenvalue weighted by Crippen LogP contribution is -2.38. The van der Waals surface area contributed by atoms with Crippen LogP contribution in [0.1, 0.15) is 12.8 Å². The lowest BCUT2D eigenvalue weighted by molar-refractivity contribution is 0.376. The monoisotopic (exact) mass is 369 g/mol. The normalized spacial score (nSPS) is 19.4. The van der Waals surface area contributed by atoms with Crippen LogP contribution in [0.5, 0.6) is 0 Å². The molecule has 0 aromatic carbocycles. The fourth-order valence-corrected chi connectivity index (χ4v) is 3.77. The third-order valence-electron chi connectivity index (χ3n) is 3.36. The first kappa shape index (κ1) is 19.3. The molecule has 0 aliphatic carbocycles. The number of rotatable bonds is 5. The number of pyridine rings is 1. The summed E-state index contributed by atoms with van der Waals surface area (Å²) in [6, 6.07) is 2.46. The van der Waals surface area contributed by atoms with Gasteiger partial charge in [-0.15, -0.1) is 12.4 Å². The number of halogens is 1. The molecule has 0 spiro atoms. The van der Waals surface area contributed by atoms with Crippen LogP contribution in [0, 0.1) is 5.92 Å². The number of sulfonamides is 1. The van der Waals surface area contributed by atoms with Gasteiger partial charge < -0.3 is 5.32 Å². The van der Waals surface area contributed by atoms with Crippen molar-refractivity contribution in [2.75, 3.05) is 25.9 Å². The number of hydrogen-bond acceptors (Lipinski definition) is 6. The van der Waals surface area contributed by atoms with E-state index in [-0.39, 0.29) is 28.2 Å². The van der Waals surface area contributed by atoms with Crippen LogP contribution >= 0.6 is 12.4 Å². The predicted octanol–water partition coefficient (Wildman–Crippen LogP) is 0.185. The number of nitrogens with one attached hydrogen (secondary N) is 2. The topological polar surface area (TPSA) is 105 Å². The minimum absolute atomic E-state index is 0. The quantitative estimate of drug-likeness (QED) is 0.767. The van der Waals surface area contributed by atoms with Crippen LogP contribution in [-0.2, 0) is 19.9 Å². The standard InChI is InChI=1S/C12H19N3O4S2.ClH/c1-20(16,17)12-5-4-11(9-14-12)21(18,19)15-8-10-3-2-6-13-7-10;/h4-5,9-10,13,15H,2-3,6-8H2,1H3;1H. The summed E-state index contributed by atoms with van der Waals surface area (Å²) in [7, 11) is -7.09. The zero-order valence-electron chi connectivity index (χ0n) is 12.1. The van der Waals surface area contributed by atoms with E-state index in [4.69, 9.17) is 0 Å². The van der Waals surface area contributed by atoms with Gasteiger partial charge in [0.1, 0.15) is 4.90 Å². The maximum Gasteiger partial charge on any atom is 0.242 e. The van der Waals surface area contributed by atoms with Gasteiger partial charge in [0.2, 0.25) is 10.0 Å². The van der Waals surface area contributed by atoms with Crippen LogP contribution in [0.25, 0.3) is 0 Å². The molecule has 1 aromatic heterocycles. The zero-order chi connectivity index (χ0) is 15.5. The molecule has 0 bridgehead atoms. The fraction of sp³-hybridized carbons (Fsp3) is 0.583. The Balaban J connectivity index is 0.00000242. The van der Waals surface area contributed by atoms with Crippen molar-refractivity contribution in [2.24, 2.45) is 5.92 Å². The first-order valence-corrected chi connectivity index (χ1v) is 10.0. The molecule has 7 nitrogen and oxygen atoms in total. The number of nitrogens with zero attached hydrogens (tertiary/aromatic N) is 1. The van der Waals surface area contributed by atoms with E-state index in [1.165, 1.54) is 12.1 Å². The van der Waals surface area contributed by atoms with E-state index in [9.17, 15) is 16.8 Å². The van der Waals surface area contributed by atoms with Gasteiger partial charge in [-0.05, 0) is 44.0 Å². The van der Waals surface area contributed by atoms with Gasteiger partial charge in [0.25, 0.3) is 0 Å². The van der Waals surface area contributed by atoms with Gasteiger partial charge >= 0.3 is 0 Å². The van der Waals surface area contributed by atoms with Crippen LogP contribution in [0.2, 0.25) is 0 Å². The third-order valence-corrected chi connectivity index (χ3v) is 5.77. The predicted molar refractivity (Wildman–Crippen MR) is 85.4 cm³/mol. The summed E-state index contributed by atoms with van der Waals surface area (Å²) in [5.74, 6) is 0.275. The Morgan fingerprint density at radius 1 is 1.32 bits per heavy atom. The van der Waals surface area contributed by atoms with E-state index in [0.29, 0.717) is 6.54 Å². The van der Waals surface area contributed by atoms with Crippen LogP contribution in [0.4, 0.5) is 0 Å². The molecule has 1 saturated heterocycles. The average molecular weight is 370 g/mol. The van der Waals surface area contributed by atoms with Crippen LogP contribution in [0.3, 0.4) is 0 Å². The largest absolute Gasteiger partial charge is 0.316 e. The second kappa shape index (κ2) is 7.69. The van der Waals surface area contributed by atoms with E-state index < -0.39 is 19.9 Å². The van der Waals surface area contributed by atoms with E-state index >= 15 is 0 Å². The lowest BCUT2D eigenvalue weighted by atomic mass is 10.0. The van der Waals surface area contributed by atoms with E-state index in [1.54, 1.807) is 0 Å². The smallest absolute Gasteiger partial charge is 0.242 e. The molecule has 10 heteroatoms. The molecule has 2 N–H and O–H groups in total. The molecule has 0 amide bonds. The van der Waals surface area contributed by atoms with Crippen molar-refractivity contribution in [3.63, 3.8) is 0 Å². The van der Waals surface area contributed by atoms with Crippen molar-refractivity contribution in [1.82, 2.24) is 15.0 Å². The Morgan fingerprint density at radius 2 is 2.05 bits per heavy atom. The SMILES string of the molecule is CS(=O)(=O)c1ccc(S(=O)(=O)NCC2CCCNC2)cn1.Cl. The van der Waals surface area contributed by atoms with E-state index in [2.05, 4.69) is 15.0 Å². The molecule has 1 unspecified atom stereocenters. The highest BCUT2D eigenvalue weighted by Gasteiger charge is 2.19. The number of hydrogen-bond donors (Lipinski definition) is 2. The molecule has 2 rings (SSSR count). The van der Waals surface area contributed by atoms with E-state index in [1.807, 2.05) is 0 Å². The highest BCUT2D eigenvalue weighted by Crippen LogP contribution is 2.13. The molecule has 1 aliphatic rings. The minimum atomic E-state index is -3.66. The Bertz CT molecular complexity index is 684. The molecular weight excluding hydrogens is 350 g/mol. The van der Waals surface area contributed by atoms with Gasteiger partial charge in [-0.2, -0.15) is 0 Å². The molecule has 22 heavy (non-hydrogen) atoms. The summed E-state index contributed by atoms with van der Waals surface area (Å²) < 4.78 is 49.4. The highest BCUT2D eigenvalue weighted by atomic mass is 35.5.